The lowest BCUT2D eigenvalue weighted by Gasteiger charge is -2.32. The van der Waals surface area contributed by atoms with Crippen LogP contribution < -0.4 is 5.32 Å². The maximum Gasteiger partial charge on any atom is 0.131 e. The van der Waals surface area contributed by atoms with Gasteiger partial charge < -0.3 is 5.32 Å². The predicted molar refractivity (Wildman–Crippen MR) is 92.3 cm³/mol. The molecule has 0 aliphatic carbocycles. The first-order chi connectivity index (χ1) is 11.1. The molecular weight excluding hydrogens is 310 g/mol. The SMILES string of the molecule is Cc1nn(C)c(Cl)c1CNC1CCN(Cc2ccccn2)CC1. The number of likely N-dealkylation sites (tertiary alicyclic amines) is 1. The minimum atomic E-state index is 0.547. The van der Waals surface area contributed by atoms with Gasteiger partial charge in [0.05, 0.1) is 11.4 Å². The van der Waals surface area contributed by atoms with Gasteiger partial charge in [0.15, 0.2) is 0 Å². The van der Waals surface area contributed by atoms with Crippen LogP contribution in [-0.2, 0) is 20.1 Å². The monoisotopic (exact) mass is 333 g/mol. The van der Waals surface area contributed by atoms with Crippen LogP contribution in [0.5, 0.6) is 0 Å². The van der Waals surface area contributed by atoms with Crippen LogP contribution in [0.3, 0.4) is 0 Å². The quantitative estimate of drug-likeness (QED) is 0.913. The largest absolute Gasteiger partial charge is 0.310 e. The number of aromatic nitrogens is 3. The summed E-state index contributed by atoms with van der Waals surface area (Å²) < 4.78 is 1.74. The number of nitrogens with zero attached hydrogens (tertiary/aromatic N) is 4. The molecule has 0 saturated carbocycles. The van der Waals surface area contributed by atoms with Gasteiger partial charge in [-0.05, 0) is 31.9 Å². The first-order valence-electron chi connectivity index (χ1n) is 8.17. The standard InChI is InChI=1S/C17H24ClN5/c1-13-16(17(18)22(2)21-13)11-20-14-6-9-23(10-7-14)12-15-5-3-4-8-19-15/h3-5,8,14,20H,6-7,9-12H2,1-2H3. The van der Waals surface area contributed by atoms with Crippen molar-refractivity contribution in [1.82, 2.24) is 25.0 Å². The fourth-order valence-corrected chi connectivity index (χ4v) is 3.38. The molecule has 3 rings (SSSR count). The molecule has 1 saturated heterocycles. The molecule has 1 aliphatic rings. The van der Waals surface area contributed by atoms with Crippen LogP contribution in [0, 0.1) is 6.92 Å². The topological polar surface area (TPSA) is 46.0 Å². The Hall–Kier alpha value is -1.43. The molecular formula is C17H24ClN5. The minimum absolute atomic E-state index is 0.547. The minimum Gasteiger partial charge on any atom is -0.310 e. The molecule has 0 aromatic carbocycles. The second kappa shape index (κ2) is 7.43. The molecule has 0 radical (unpaired) electrons. The highest BCUT2D eigenvalue weighted by Crippen LogP contribution is 2.19. The van der Waals surface area contributed by atoms with E-state index in [4.69, 9.17) is 11.6 Å². The lowest BCUT2D eigenvalue weighted by Crippen LogP contribution is -2.42. The molecule has 1 fully saturated rings. The number of hydrogen-bond donors (Lipinski definition) is 1. The van der Waals surface area contributed by atoms with Gasteiger partial charge in [-0.25, -0.2) is 0 Å². The van der Waals surface area contributed by atoms with E-state index in [1.54, 1.807) is 4.68 Å². The van der Waals surface area contributed by atoms with Crippen LogP contribution in [-0.4, -0.2) is 38.8 Å². The first kappa shape index (κ1) is 16.4. The van der Waals surface area contributed by atoms with Crippen molar-refractivity contribution in [3.05, 3.63) is 46.5 Å². The van der Waals surface area contributed by atoms with Gasteiger partial charge in [-0.1, -0.05) is 17.7 Å². The summed E-state index contributed by atoms with van der Waals surface area (Å²) in [4.78, 5) is 6.88. The van der Waals surface area contributed by atoms with E-state index in [1.807, 2.05) is 26.2 Å². The van der Waals surface area contributed by atoms with Crippen molar-refractivity contribution in [3.63, 3.8) is 0 Å². The summed E-state index contributed by atoms with van der Waals surface area (Å²) in [5.41, 5.74) is 3.28. The van der Waals surface area contributed by atoms with E-state index in [1.165, 1.54) is 0 Å². The van der Waals surface area contributed by atoms with Crippen LogP contribution in [0.25, 0.3) is 0 Å². The second-order valence-electron chi connectivity index (χ2n) is 6.23. The highest BCUT2D eigenvalue weighted by molar-refractivity contribution is 6.30. The van der Waals surface area contributed by atoms with E-state index in [0.717, 1.165) is 61.1 Å². The molecule has 0 unspecified atom stereocenters. The molecule has 2 aromatic heterocycles. The van der Waals surface area contributed by atoms with E-state index in [-0.39, 0.29) is 0 Å². The lowest BCUT2D eigenvalue weighted by molar-refractivity contribution is 0.188. The Bertz CT molecular complexity index is 632. The zero-order valence-corrected chi connectivity index (χ0v) is 14.6. The molecule has 124 valence electrons. The molecule has 5 nitrogen and oxygen atoms in total. The van der Waals surface area contributed by atoms with E-state index in [9.17, 15) is 0 Å². The number of rotatable bonds is 5. The zero-order valence-electron chi connectivity index (χ0n) is 13.8. The van der Waals surface area contributed by atoms with Crippen LogP contribution in [0.2, 0.25) is 5.15 Å². The van der Waals surface area contributed by atoms with Crippen LogP contribution >= 0.6 is 11.6 Å². The van der Waals surface area contributed by atoms with Crippen LogP contribution in [0.1, 0.15) is 29.8 Å². The summed E-state index contributed by atoms with van der Waals surface area (Å²) in [6.45, 7) is 5.96. The number of hydrogen-bond acceptors (Lipinski definition) is 4. The molecule has 2 aromatic rings. The Labute approximate surface area is 142 Å². The van der Waals surface area contributed by atoms with Crippen molar-refractivity contribution in [1.29, 1.82) is 0 Å². The van der Waals surface area contributed by atoms with Gasteiger partial charge in [0.1, 0.15) is 5.15 Å². The lowest BCUT2D eigenvalue weighted by atomic mass is 10.0. The van der Waals surface area contributed by atoms with Gasteiger partial charge >= 0.3 is 0 Å². The molecule has 0 bridgehead atoms. The average molecular weight is 334 g/mol. The van der Waals surface area contributed by atoms with E-state index in [0.29, 0.717) is 6.04 Å². The average Bonchev–Trinajstić information content (AvgIpc) is 2.80. The Morgan fingerprint density at radius 3 is 2.70 bits per heavy atom. The molecule has 1 aliphatic heterocycles. The molecule has 6 heteroatoms. The Balaban J connectivity index is 1.46. The Morgan fingerprint density at radius 2 is 2.09 bits per heavy atom. The molecule has 1 N–H and O–H groups in total. The van der Waals surface area contributed by atoms with Crippen molar-refractivity contribution in [2.24, 2.45) is 7.05 Å². The van der Waals surface area contributed by atoms with Gasteiger partial charge in [0.2, 0.25) is 0 Å². The molecule has 3 heterocycles. The summed E-state index contributed by atoms with van der Waals surface area (Å²) in [6.07, 6.45) is 4.18. The third-order valence-corrected chi connectivity index (χ3v) is 5.01. The van der Waals surface area contributed by atoms with Gasteiger partial charge in [-0.2, -0.15) is 5.10 Å². The summed E-state index contributed by atoms with van der Waals surface area (Å²) in [5.74, 6) is 0. The van der Waals surface area contributed by atoms with Gasteiger partial charge in [0, 0.05) is 51.0 Å². The number of halogens is 1. The van der Waals surface area contributed by atoms with Crippen molar-refractivity contribution >= 4 is 11.6 Å². The normalized spacial score (nSPS) is 16.8. The second-order valence-corrected chi connectivity index (χ2v) is 6.59. The van der Waals surface area contributed by atoms with E-state index >= 15 is 0 Å². The van der Waals surface area contributed by atoms with Crippen molar-refractivity contribution in [2.45, 2.75) is 38.9 Å². The fourth-order valence-electron chi connectivity index (χ4n) is 3.14. The third kappa shape index (κ3) is 4.10. The van der Waals surface area contributed by atoms with Crippen LogP contribution in [0.15, 0.2) is 24.4 Å². The highest BCUT2D eigenvalue weighted by atomic mass is 35.5. The smallest absolute Gasteiger partial charge is 0.131 e. The Morgan fingerprint density at radius 1 is 1.30 bits per heavy atom. The van der Waals surface area contributed by atoms with Crippen molar-refractivity contribution < 1.29 is 0 Å². The molecule has 0 spiro atoms. The van der Waals surface area contributed by atoms with E-state index < -0.39 is 0 Å². The fraction of sp³-hybridized carbons (Fsp3) is 0.529. The number of aryl methyl sites for hydroxylation is 2. The van der Waals surface area contributed by atoms with Gasteiger partial charge in [-0.15, -0.1) is 0 Å². The van der Waals surface area contributed by atoms with Gasteiger partial charge in [-0.3, -0.25) is 14.6 Å². The summed E-state index contributed by atoms with van der Waals surface area (Å²) in [6, 6.07) is 6.66. The molecule has 0 amide bonds. The Kier molecular flexibility index (Phi) is 5.30. The molecule has 23 heavy (non-hydrogen) atoms. The summed E-state index contributed by atoms with van der Waals surface area (Å²) >= 11 is 6.29. The number of pyridine rings is 1. The molecule has 0 atom stereocenters. The number of nitrogens with one attached hydrogen (secondary N) is 1. The van der Waals surface area contributed by atoms with Crippen molar-refractivity contribution in [2.75, 3.05) is 13.1 Å². The summed E-state index contributed by atoms with van der Waals surface area (Å²) in [5, 5.41) is 8.74. The maximum atomic E-state index is 6.29. The third-order valence-electron chi connectivity index (χ3n) is 4.54. The van der Waals surface area contributed by atoms with Crippen LogP contribution in [0.4, 0.5) is 0 Å². The zero-order chi connectivity index (χ0) is 16.2. The van der Waals surface area contributed by atoms with Crippen molar-refractivity contribution in [3.8, 4) is 0 Å². The summed E-state index contributed by atoms with van der Waals surface area (Å²) in [7, 11) is 1.88. The maximum absolute atomic E-state index is 6.29. The first-order valence-corrected chi connectivity index (χ1v) is 8.55. The van der Waals surface area contributed by atoms with Gasteiger partial charge in [0.25, 0.3) is 0 Å². The highest BCUT2D eigenvalue weighted by Gasteiger charge is 2.20. The van der Waals surface area contributed by atoms with E-state index in [2.05, 4.69) is 32.4 Å². The number of piperidine rings is 1. The predicted octanol–water partition coefficient (Wildman–Crippen LogP) is 2.53.